The molecule has 0 aliphatic heterocycles. The van der Waals surface area contributed by atoms with Crippen molar-refractivity contribution in [3.05, 3.63) is 21.3 Å². The van der Waals surface area contributed by atoms with Gasteiger partial charge in [-0.15, -0.1) is 11.3 Å². The number of alkyl halides is 3. The van der Waals surface area contributed by atoms with E-state index in [1.165, 1.54) is 11.3 Å². The molecular weight excluding hydrogens is 277 g/mol. The number of amides is 1. The van der Waals surface area contributed by atoms with Gasteiger partial charge in [-0.1, -0.05) is 11.6 Å². The molecule has 0 saturated carbocycles. The van der Waals surface area contributed by atoms with E-state index in [0.29, 0.717) is 16.1 Å². The Morgan fingerprint density at radius 1 is 1.53 bits per heavy atom. The number of nitrogens with two attached hydrogens (primary N) is 1. The molecule has 0 bridgehead atoms. The Balaban J connectivity index is 2.61. The van der Waals surface area contributed by atoms with E-state index < -0.39 is 17.6 Å². The molecule has 3 N–H and O–H groups in total. The van der Waals surface area contributed by atoms with Crippen molar-refractivity contribution in [1.82, 2.24) is 5.32 Å². The molecule has 1 atom stereocenters. The normalized spacial score (nSPS) is 15.4. The van der Waals surface area contributed by atoms with Crippen LogP contribution in [0.15, 0.2) is 12.1 Å². The van der Waals surface area contributed by atoms with Crippen LogP contribution in [-0.2, 0) is 11.3 Å². The van der Waals surface area contributed by atoms with E-state index in [1.807, 2.05) is 0 Å². The van der Waals surface area contributed by atoms with Gasteiger partial charge in [0.1, 0.15) is 0 Å². The summed E-state index contributed by atoms with van der Waals surface area (Å²) in [4.78, 5) is 12.0. The Hall–Kier alpha value is -0.790. The molecule has 0 radical (unpaired) electrons. The molecule has 0 spiro atoms. The van der Waals surface area contributed by atoms with Gasteiger partial charge in [-0.25, -0.2) is 0 Å². The summed E-state index contributed by atoms with van der Waals surface area (Å²) in [6.07, 6.45) is -4.79. The van der Waals surface area contributed by atoms with Crippen LogP contribution >= 0.6 is 22.9 Å². The summed E-state index contributed by atoms with van der Waals surface area (Å²) in [6, 6.07) is 3.22. The van der Waals surface area contributed by atoms with E-state index in [9.17, 15) is 18.0 Å². The van der Waals surface area contributed by atoms with Crippen molar-refractivity contribution in [2.24, 2.45) is 5.73 Å². The molecule has 1 aromatic heterocycles. The molecule has 0 saturated heterocycles. The van der Waals surface area contributed by atoms with Crippen LogP contribution in [-0.4, -0.2) is 17.6 Å². The minimum absolute atomic E-state index is 0.0287. The van der Waals surface area contributed by atoms with Gasteiger partial charge in [0.15, 0.2) is 5.54 Å². The minimum Gasteiger partial charge on any atom is -0.349 e. The fourth-order valence-corrected chi connectivity index (χ4v) is 1.95. The van der Waals surface area contributed by atoms with E-state index >= 15 is 0 Å². The summed E-state index contributed by atoms with van der Waals surface area (Å²) >= 11 is 6.82. The second kappa shape index (κ2) is 4.83. The number of halogens is 4. The zero-order valence-electron chi connectivity index (χ0n) is 8.77. The third-order valence-electron chi connectivity index (χ3n) is 2.11. The predicted molar refractivity (Wildman–Crippen MR) is 59.8 cm³/mol. The van der Waals surface area contributed by atoms with Crippen LogP contribution in [0.1, 0.15) is 11.8 Å². The molecule has 3 nitrogen and oxygen atoms in total. The van der Waals surface area contributed by atoms with Gasteiger partial charge in [-0.3, -0.25) is 4.79 Å². The molecular formula is C9H10ClF3N2OS. The Labute approximate surface area is 105 Å². The van der Waals surface area contributed by atoms with E-state index in [-0.39, 0.29) is 6.54 Å². The number of carbonyl (C=O) groups excluding carboxylic acids is 1. The van der Waals surface area contributed by atoms with Crippen molar-refractivity contribution in [2.75, 3.05) is 0 Å². The van der Waals surface area contributed by atoms with Crippen molar-refractivity contribution in [1.29, 1.82) is 0 Å². The highest BCUT2D eigenvalue weighted by Crippen LogP contribution is 2.28. The number of hydrogen-bond donors (Lipinski definition) is 2. The van der Waals surface area contributed by atoms with Crippen LogP contribution in [0.2, 0.25) is 4.34 Å². The van der Waals surface area contributed by atoms with Crippen LogP contribution < -0.4 is 11.1 Å². The Morgan fingerprint density at radius 2 is 2.12 bits per heavy atom. The molecule has 0 aliphatic carbocycles. The third kappa shape index (κ3) is 3.34. The molecule has 17 heavy (non-hydrogen) atoms. The quantitative estimate of drug-likeness (QED) is 0.896. The number of carbonyl (C=O) groups is 1. The molecule has 1 rings (SSSR count). The van der Waals surface area contributed by atoms with E-state index in [4.69, 9.17) is 17.3 Å². The highest BCUT2D eigenvalue weighted by atomic mass is 35.5. The molecule has 0 aliphatic rings. The fraction of sp³-hybridized carbons (Fsp3) is 0.444. The van der Waals surface area contributed by atoms with Gasteiger partial charge in [0.05, 0.1) is 10.9 Å². The van der Waals surface area contributed by atoms with Crippen LogP contribution in [0.25, 0.3) is 0 Å². The van der Waals surface area contributed by atoms with Gasteiger partial charge >= 0.3 is 6.18 Å². The Bertz CT molecular complexity index is 417. The molecule has 8 heteroatoms. The Morgan fingerprint density at radius 3 is 2.53 bits per heavy atom. The first-order valence-corrected chi connectivity index (χ1v) is 5.72. The third-order valence-corrected chi connectivity index (χ3v) is 3.34. The fourth-order valence-electron chi connectivity index (χ4n) is 0.926. The minimum atomic E-state index is -4.79. The maximum absolute atomic E-state index is 12.4. The number of hydrogen-bond acceptors (Lipinski definition) is 3. The average Bonchev–Trinajstić information content (AvgIpc) is 2.58. The second-order valence-corrected chi connectivity index (χ2v) is 5.39. The topological polar surface area (TPSA) is 55.1 Å². The lowest BCUT2D eigenvalue weighted by Gasteiger charge is -2.25. The lowest BCUT2D eigenvalue weighted by atomic mass is 10.0. The van der Waals surface area contributed by atoms with Crippen molar-refractivity contribution >= 4 is 28.8 Å². The standard InChI is InChI=1S/C9H10ClF3N2OS/c1-8(14,9(11,12)13)7(16)15-4-5-2-3-6(10)17-5/h2-3H,4,14H2,1H3,(H,15,16). The highest BCUT2D eigenvalue weighted by molar-refractivity contribution is 7.16. The molecule has 1 aromatic rings. The first kappa shape index (κ1) is 14.3. The zero-order chi connectivity index (χ0) is 13.3. The first-order chi connectivity index (χ1) is 7.64. The molecule has 1 amide bonds. The summed E-state index contributed by atoms with van der Waals surface area (Å²) in [5.74, 6) is -1.27. The average molecular weight is 287 g/mol. The molecule has 0 fully saturated rings. The maximum Gasteiger partial charge on any atom is 0.415 e. The van der Waals surface area contributed by atoms with Gasteiger partial charge in [-0.05, 0) is 19.1 Å². The lowest BCUT2D eigenvalue weighted by Crippen LogP contribution is -2.61. The van der Waals surface area contributed by atoms with Crippen LogP contribution in [0.5, 0.6) is 0 Å². The molecule has 96 valence electrons. The van der Waals surface area contributed by atoms with Gasteiger partial charge < -0.3 is 11.1 Å². The highest BCUT2D eigenvalue weighted by Gasteiger charge is 2.53. The number of thiophene rings is 1. The lowest BCUT2D eigenvalue weighted by molar-refractivity contribution is -0.187. The predicted octanol–water partition coefficient (Wildman–Crippen LogP) is 2.30. The largest absolute Gasteiger partial charge is 0.415 e. The molecule has 1 unspecified atom stereocenters. The van der Waals surface area contributed by atoms with Crippen molar-refractivity contribution in [3.8, 4) is 0 Å². The summed E-state index contributed by atoms with van der Waals surface area (Å²) in [6.45, 7) is 0.600. The monoisotopic (exact) mass is 286 g/mol. The zero-order valence-corrected chi connectivity index (χ0v) is 10.3. The summed E-state index contributed by atoms with van der Waals surface area (Å²) in [7, 11) is 0. The van der Waals surface area contributed by atoms with Crippen molar-refractivity contribution in [2.45, 2.75) is 25.2 Å². The Kier molecular flexibility index (Phi) is 4.06. The maximum atomic E-state index is 12.4. The number of nitrogens with one attached hydrogen (secondary N) is 1. The first-order valence-electron chi connectivity index (χ1n) is 4.52. The van der Waals surface area contributed by atoms with E-state index in [0.717, 1.165) is 0 Å². The van der Waals surface area contributed by atoms with E-state index in [1.54, 1.807) is 12.1 Å². The van der Waals surface area contributed by atoms with Crippen LogP contribution in [0, 0.1) is 0 Å². The van der Waals surface area contributed by atoms with E-state index in [2.05, 4.69) is 5.32 Å². The van der Waals surface area contributed by atoms with Gasteiger partial charge in [-0.2, -0.15) is 13.2 Å². The smallest absolute Gasteiger partial charge is 0.349 e. The van der Waals surface area contributed by atoms with Crippen LogP contribution in [0.3, 0.4) is 0 Å². The van der Waals surface area contributed by atoms with Gasteiger partial charge in [0, 0.05) is 4.88 Å². The van der Waals surface area contributed by atoms with Crippen molar-refractivity contribution in [3.63, 3.8) is 0 Å². The molecule has 1 heterocycles. The van der Waals surface area contributed by atoms with Crippen LogP contribution in [0.4, 0.5) is 13.2 Å². The molecule has 0 aromatic carbocycles. The van der Waals surface area contributed by atoms with Gasteiger partial charge in [0.2, 0.25) is 5.91 Å². The summed E-state index contributed by atoms with van der Waals surface area (Å²) in [5.41, 5.74) is 2.05. The SMILES string of the molecule is CC(N)(C(=O)NCc1ccc(Cl)s1)C(F)(F)F. The van der Waals surface area contributed by atoms with Crippen molar-refractivity contribution < 1.29 is 18.0 Å². The number of rotatable bonds is 3. The summed E-state index contributed by atoms with van der Waals surface area (Å²) < 4.78 is 37.7. The van der Waals surface area contributed by atoms with Gasteiger partial charge in [0.25, 0.3) is 0 Å². The second-order valence-electron chi connectivity index (χ2n) is 3.59. The summed E-state index contributed by atoms with van der Waals surface area (Å²) in [5, 5.41) is 2.13.